The van der Waals surface area contributed by atoms with Crippen molar-refractivity contribution in [1.82, 2.24) is 14.9 Å². The molecule has 1 fully saturated rings. The van der Waals surface area contributed by atoms with Gasteiger partial charge in [-0.3, -0.25) is 9.69 Å². The Morgan fingerprint density at radius 2 is 1.77 bits per heavy atom. The second kappa shape index (κ2) is 9.00. The molecule has 0 atom stereocenters. The Hall–Kier alpha value is -3.32. The van der Waals surface area contributed by atoms with Gasteiger partial charge in [-0.1, -0.05) is 30.3 Å². The van der Waals surface area contributed by atoms with Gasteiger partial charge in [-0.25, -0.2) is 4.79 Å². The summed E-state index contributed by atoms with van der Waals surface area (Å²) in [6, 6.07) is 17.6. The maximum atomic E-state index is 12.7. The van der Waals surface area contributed by atoms with Gasteiger partial charge in [-0.2, -0.15) is 0 Å². The van der Waals surface area contributed by atoms with Gasteiger partial charge in [0, 0.05) is 12.2 Å². The van der Waals surface area contributed by atoms with Crippen molar-refractivity contribution < 1.29 is 9.53 Å². The van der Waals surface area contributed by atoms with Crippen LogP contribution in [-0.2, 0) is 6.54 Å². The van der Waals surface area contributed by atoms with Crippen LogP contribution in [0.25, 0.3) is 0 Å². The number of ether oxygens (including phenoxy) is 1. The number of rotatable bonds is 6. The number of H-pyrrole nitrogens is 2. The molecule has 3 N–H and O–H groups in total. The highest BCUT2D eigenvalue weighted by molar-refractivity contribution is 6.03. The van der Waals surface area contributed by atoms with E-state index in [1.54, 1.807) is 31.4 Å². The van der Waals surface area contributed by atoms with Crippen LogP contribution in [-0.4, -0.2) is 41.0 Å². The maximum Gasteiger partial charge on any atom is 0.323 e. The number of methoxy groups -OCH3 is 1. The Morgan fingerprint density at radius 1 is 1.07 bits per heavy atom. The van der Waals surface area contributed by atoms with Crippen molar-refractivity contribution in [2.24, 2.45) is 0 Å². The number of nitrogens with zero attached hydrogens (tertiary/aromatic N) is 1. The SMILES string of the molecule is COc1ccc(NC(=O)c2[nH]c(=O)[nH]c2CN2CCC(c3ccccc3)CC2)cc1. The molecule has 1 aliphatic heterocycles. The van der Waals surface area contributed by atoms with Gasteiger partial charge in [0.15, 0.2) is 0 Å². The third-order valence-electron chi connectivity index (χ3n) is 5.62. The fourth-order valence-electron chi connectivity index (χ4n) is 3.97. The molecule has 1 saturated heterocycles. The Bertz CT molecular complexity index is 1030. The highest BCUT2D eigenvalue weighted by atomic mass is 16.5. The van der Waals surface area contributed by atoms with Crippen LogP contribution >= 0.6 is 0 Å². The van der Waals surface area contributed by atoms with E-state index in [-0.39, 0.29) is 17.3 Å². The molecule has 1 amide bonds. The first-order valence-corrected chi connectivity index (χ1v) is 10.2. The highest BCUT2D eigenvalue weighted by Gasteiger charge is 2.23. The van der Waals surface area contributed by atoms with Gasteiger partial charge in [0.25, 0.3) is 5.91 Å². The van der Waals surface area contributed by atoms with E-state index in [2.05, 4.69) is 44.5 Å². The number of piperidine rings is 1. The van der Waals surface area contributed by atoms with E-state index in [4.69, 9.17) is 4.74 Å². The molecule has 3 aromatic rings. The zero-order valence-electron chi connectivity index (χ0n) is 17.0. The number of carbonyl (C=O) groups excluding carboxylic acids is 1. The molecule has 7 nitrogen and oxygen atoms in total. The van der Waals surface area contributed by atoms with E-state index in [1.165, 1.54) is 5.56 Å². The van der Waals surface area contributed by atoms with Crippen molar-refractivity contribution in [3.8, 4) is 5.75 Å². The van der Waals surface area contributed by atoms with Crippen molar-refractivity contribution in [2.75, 3.05) is 25.5 Å². The summed E-state index contributed by atoms with van der Waals surface area (Å²) in [5, 5.41) is 2.83. The molecular formula is C23H26N4O3. The number of carbonyl (C=O) groups is 1. The zero-order chi connectivity index (χ0) is 20.9. The molecule has 0 spiro atoms. The molecule has 1 aromatic heterocycles. The number of nitrogens with one attached hydrogen (secondary N) is 3. The number of aromatic amines is 2. The number of imidazole rings is 1. The van der Waals surface area contributed by atoms with Gasteiger partial charge >= 0.3 is 5.69 Å². The molecule has 4 rings (SSSR count). The first-order valence-electron chi connectivity index (χ1n) is 10.2. The first kappa shape index (κ1) is 20.0. The van der Waals surface area contributed by atoms with Crippen LogP contribution in [0.4, 0.5) is 5.69 Å². The topological polar surface area (TPSA) is 90.2 Å². The standard InChI is InChI=1S/C23H26N4O3/c1-30-19-9-7-18(8-10-19)24-22(28)21-20(25-23(29)26-21)15-27-13-11-17(12-14-27)16-5-3-2-4-6-16/h2-10,17H,11-15H2,1H3,(H,24,28)(H2,25,26,29). The van der Waals surface area contributed by atoms with Crippen molar-refractivity contribution >= 4 is 11.6 Å². The van der Waals surface area contributed by atoms with Crippen molar-refractivity contribution in [1.29, 1.82) is 0 Å². The summed E-state index contributed by atoms with van der Waals surface area (Å²) in [5.41, 5.74) is 2.54. The monoisotopic (exact) mass is 406 g/mol. The summed E-state index contributed by atoms with van der Waals surface area (Å²) >= 11 is 0. The summed E-state index contributed by atoms with van der Waals surface area (Å²) in [7, 11) is 1.59. The number of aromatic nitrogens is 2. The van der Waals surface area contributed by atoms with Crippen molar-refractivity contribution in [2.45, 2.75) is 25.3 Å². The van der Waals surface area contributed by atoms with E-state index < -0.39 is 0 Å². The molecule has 0 radical (unpaired) electrons. The molecule has 156 valence electrons. The lowest BCUT2D eigenvalue weighted by Crippen LogP contribution is -2.33. The lowest BCUT2D eigenvalue weighted by Gasteiger charge is -2.32. The maximum absolute atomic E-state index is 12.7. The Morgan fingerprint density at radius 3 is 2.43 bits per heavy atom. The second-order valence-electron chi connectivity index (χ2n) is 7.58. The molecule has 0 aliphatic carbocycles. The average molecular weight is 406 g/mol. The summed E-state index contributed by atoms with van der Waals surface area (Å²) in [6.45, 7) is 2.38. The lowest BCUT2D eigenvalue weighted by atomic mass is 9.89. The summed E-state index contributed by atoms with van der Waals surface area (Å²) in [5.74, 6) is 0.931. The minimum absolute atomic E-state index is 0.279. The number of amides is 1. The average Bonchev–Trinajstić information content (AvgIpc) is 3.15. The minimum atomic E-state index is -0.371. The van der Waals surface area contributed by atoms with Crippen LogP contribution in [0.15, 0.2) is 59.4 Å². The van der Waals surface area contributed by atoms with Crippen LogP contribution < -0.4 is 15.7 Å². The molecule has 0 unspecified atom stereocenters. The van der Waals surface area contributed by atoms with E-state index in [1.807, 2.05) is 6.07 Å². The van der Waals surface area contributed by atoms with Crippen LogP contribution in [0.3, 0.4) is 0 Å². The Balaban J connectivity index is 1.39. The number of hydrogen-bond donors (Lipinski definition) is 3. The van der Waals surface area contributed by atoms with Crippen LogP contribution in [0, 0.1) is 0 Å². The first-order chi connectivity index (χ1) is 14.6. The molecule has 2 heterocycles. The molecule has 7 heteroatoms. The van der Waals surface area contributed by atoms with Gasteiger partial charge in [-0.15, -0.1) is 0 Å². The summed E-state index contributed by atoms with van der Waals surface area (Å²) in [6.07, 6.45) is 2.12. The summed E-state index contributed by atoms with van der Waals surface area (Å²) < 4.78 is 5.13. The fraction of sp³-hybridized carbons (Fsp3) is 0.304. The van der Waals surface area contributed by atoms with E-state index in [9.17, 15) is 9.59 Å². The smallest absolute Gasteiger partial charge is 0.323 e. The van der Waals surface area contributed by atoms with Crippen molar-refractivity contribution in [3.05, 3.63) is 82.0 Å². The largest absolute Gasteiger partial charge is 0.497 e. The Labute approximate surface area is 175 Å². The Kier molecular flexibility index (Phi) is 5.99. The van der Waals surface area contributed by atoms with E-state index in [0.717, 1.165) is 25.9 Å². The predicted molar refractivity (Wildman–Crippen MR) is 116 cm³/mol. The predicted octanol–water partition coefficient (Wildman–Crippen LogP) is 3.34. The number of likely N-dealkylation sites (tertiary alicyclic amines) is 1. The van der Waals surface area contributed by atoms with Crippen LogP contribution in [0.5, 0.6) is 5.75 Å². The van der Waals surface area contributed by atoms with E-state index >= 15 is 0 Å². The number of hydrogen-bond acceptors (Lipinski definition) is 4. The highest BCUT2D eigenvalue weighted by Crippen LogP contribution is 2.28. The lowest BCUT2D eigenvalue weighted by molar-refractivity contribution is 0.101. The van der Waals surface area contributed by atoms with Gasteiger partial charge in [-0.05, 0) is 61.7 Å². The number of benzene rings is 2. The van der Waals surface area contributed by atoms with E-state index in [0.29, 0.717) is 29.6 Å². The number of anilines is 1. The zero-order valence-corrected chi connectivity index (χ0v) is 17.0. The normalized spacial score (nSPS) is 15.1. The summed E-state index contributed by atoms with van der Waals surface area (Å²) in [4.78, 5) is 32.3. The molecule has 30 heavy (non-hydrogen) atoms. The minimum Gasteiger partial charge on any atom is -0.497 e. The second-order valence-corrected chi connectivity index (χ2v) is 7.58. The molecule has 0 saturated carbocycles. The van der Waals surface area contributed by atoms with Gasteiger partial charge < -0.3 is 20.0 Å². The third-order valence-corrected chi connectivity index (χ3v) is 5.62. The quantitative estimate of drug-likeness (QED) is 0.586. The van der Waals surface area contributed by atoms with Crippen molar-refractivity contribution in [3.63, 3.8) is 0 Å². The molecule has 0 bridgehead atoms. The van der Waals surface area contributed by atoms with Crippen LogP contribution in [0.2, 0.25) is 0 Å². The van der Waals surface area contributed by atoms with Gasteiger partial charge in [0.2, 0.25) is 0 Å². The van der Waals surface area contributed by atoms with Crippen LogP contribution in [0.1, 0.15) is 40.5 Å². The molecule has 1 aliphatic rings. The third kappa shape index (κ3) is 4.63. The molecular weight excluding hydrogens is 380 g/mol. The fourth-order valence-corrected chi connectivity index (χ4v) is 3.97. The van der Waals surface area contributed by atoms with Gasteiger partial charge in [0.05, 0.1) is 12.8 Å². The van der Waals surface area contributed by atoms with Gasteiger partial charge in [0.1, 0.15) is 11.4 Å². The molecule has 2 aromatic carbocycles.